The normalized spacial score (nSPS) is 24.1. The van der Waals surface area contributed by atoms with E-state index in [-0.39, 0.29) is 24.0 Å². The van der Waals surface area contributed by atoms with Crippen LogP contribution >= 0.6 is 24.0 Å². The van der Waals surface area contributed by atoms with Crippen molar-refractivity contribution in [2.24, 2.45) is 10.4 Å². The minimum atomic E-state index is 0. The second-order valence-corrected chi connectivity index (χ2v) is 6.62. The molecule has 23 heavy (non-hydrogen) atoms. The number of nitrogens with one attached hydrogen (secondary N) is 1. The zero-order valence-corrected chi connectivity index (χ0v) is 16.5. The van der Waals surface area contributed by atoms with Crippen LogP contribution in [0.5, 0.6) is 0 Å². The number of nitrogens with zero attached hydrogens (tertiary/aromatic N) is 2. The van der Waals surface area contributed by atoms with Gasteiger partial charge < -0.3 is 15.0 Å². The number of benzene rings is 1. The van der Waals surface area contributed by atoms with Gasteiger partial charge in [-0.2, -0.15) is 0 Å². The van der Waals surface area contributed by atoms with E-state index in [9.17, 15) is 0 Å². The van der Waals surface area contributed by atoms with E-state index >= 15 is 0 Å². The molecule has 0 aromatic heterocycles. The van der Waals surface area contributed by atoms with Gasteiger partial charge in [-0.05, 0) is 37.3 Å². The Labute approximate surface area is 156 Å². The van der Waals surface area contributed by atoms with Crippen molar-refractivity contribution < 1.29 is 4.74 Å². The summed E-state index contributed by atoms with van der Waals surface area (Å²) in [6, 6.07) is 8.59. The highest BCUT2D eigenvalue weighted by Crippen LogP contribution is 2.38. The van der Waals surface area contributed by atoms with Crippen molar-refractivity contribution in [1.29, 1.82) is 0 Å². The molecule has 2 heterocycles. The van der Waals surface area contributed by atoms with E-state index in [1.165, 1.54) is 24.0 Å². The van der Waals surface area contributed by atoms with E-state index in [1.807, 2.05) is 7.05 Å². The van der Waals surface area contributed by atoms with Crippen molar-refractivity contribution in [1.82, 2.24) is 10.2 Å². The number of hydrogen-bond donors (Lipinski definition) is 1. The molecule has 0 saturated carbocycles. The van der Waals surface area contributed by atoms with Crippen molar-refractivity contribution >= 4 is 29.9 Å². The zero-order chi connectivity index (χ0) is 15.4. The zero-order valence-electron chi connectivity index (χ0n) is 14.2. The molecule has 1 unspecified atom stereocenters. The van der Waals surface area contributed by atoms with Gasteiger partial charge >= 0.3 is 0 Å². The molecule has 2 aliphatic rings. The molecule has 5 heteroatoms. The molecule has 1 atom stereocenters. The Bertz CT molecular complexity index is 541. The van der Waals surface area contributed by atoms with Gasteiger partial charge in [0.05, 0.1) is 6.61 Å². The van der Waals surface area contributed by atoms with Crippen LogP contribution in [-0.4, -0.2) is 50.8 Å². The van der Waals surface area contributed by atoms with E-state index < -0.39 is 0 Å². The standard InChI is InChI=1S/C18H27N3O.HI/c1-15-5-3-4-6-16(15)7-10-20-17(19-2)21-11-8-18(13-21)9-12-22-14-18;/h3-6H,7-14H2,1-2H3,(H,19,20);1H. The highest BCUT2D eigenvalue weighted by molar-refractivity contribution is 14.0. The van der Waals surface area contributed by atoms with Crippen LogP contribution in [0.1, 0.15) is 24.0 Å². The minimum Gasteiger partial charge on any atom is -0.381 e. The van der Waals surface area contributed by atoms with Crippen molar-refractivity contribution in [2.45, 2.75) is 26.2 Å². The molecule has 1 aromatic carbocycles. The average Bonchev–Trinajstić information content (AvgIpc) is 3.16. The van der Waals surface area contributed by atoms with Gasteiger partial charge in [-0.15, -0.1) is 24.0 Å². The number of likely N-dealkylation sites (tertiary alicyclic amines) is 1. The molecular weight excluding hydrogens is 401 g/mol. The summed E-state index contributed by atoms with van der Waals surface area (Å²) in [4.78, 5) is 6.86. The Morgan fingerprint density at radius 1 is 1.35 bits per heavy atom. The van der Waals surface area contributed by atoms with Crippen LogP contribution in [-0.2, 0) is 11.2 Å². The van der Waals surface area contributed by atoms with Gasteiger partial charge in [0, 0.05) is 38.7 Å². The molecule has 1 aromatic rings. The number of halogens is 1. The summed E-state index contributed by atoms with van der Waals surface area (Å²) >= 11 is 0. The van der Waals surface area contributed by atoms with Crippen molar-refractivity contribution in [3.05, 3.63) is 35.4 Å². The Balaban J connectivity index is 0.00000192. The highest BCUT2D eigenvalue weighted by Gasteiger charge is 2.42. The second kappa shape index (κ2) is 8.33. The molecule has 0 bridgehead atoms. The van der Waals surface area contributed by atoms with Crippen LogP contribution in [0.25, 0.3) is 0 Å². The van der Waals surface area contributed by atoms with Gasteiger partial charge in [-0.1, -0.05) is 24.3 Å². The number of guanidine groups is 1. The molecule has 2 fully saturated rings. The van der Waals surface area contributed by atoms with Crippen molar-refractivity contribution in [3.63, 3.8) is 0 Å². The third-order valence-electron chi connectivity index (χ3n) is 5.07. The topological polar surface area (TPSA) is 36.9 Å². The fourth-order valence-electron chi connectivity index (χ4n) is 3.62. The average molecular weight is 429 g/mol. The number of aliphatic imine (C=N–C) groups is 1. The summed E-state index contributed by atoms with van der Waals surface area (Å²) in [5.41, 5.74) is 3.16. The van der Waals surface area contributed by atoms with E-state index in [1.54, 1.807) is 0 Å². The summed E-state index contributed by atoms with van der Waals surface area (Å²) in [7, 11) is 1.88. The smallest absolute Gasteiger partial charge is 0.193 e. The molecule has 0 radical (unpaired) electrons. The van der Waals surface area contributed by atoms with Gasteiger partial charge in [0.1, 0.15) is 0 Å². The maximum absolute atomic E-state index is 5.61. The largest absolute Gasteiger partial charge is 0.381 e. The molecule has 1 spiro atoms. The number of ether oxygens (including phenoxy) is 1. The molecule has 128 valence electrons. The van der Waals surface area contributed by atoms with Crippen LogP contribution in [0, 0.1) is 12.3 Å². The number of aryl methyl sites for hydroxylation is 1. The third-order valence-corrected chi connectivity index (χ3v) is 5.07. The summed E-state index contributed by atoms with van der Waals surface area (Å²) in [6.45, 7) is 7.12. The lowest BCUT2D eigenvalue weighted by Gasteiger charge is -2.25. The van der Waals surface area contributed by atoms with Crippen molar-refractivity contribution in [3.8, 4) is 0 Å². The lowest BCUT2D eigenvalue weighted by molar-refractivity contribution is 0.156. The van der Waals surface area contributed by atoms with Crippen LogP contribution in [0.15, 0.2) is 29.3 Å². The lowest BCUT2D eigenvalue weighted by Crippen LogP contribution is -2.42. The molecule has 2 saturated heterocycles. The Hall–Kier alpha value is -0.820. The maximum Gasteiger partial charge on any atom is 0.193 e. The molecule has 0 amide bonds. The number of hydrogen-bond acceptors (Lipinski definition) is 2. The van der Waals surface area contributed by atoms with E-state index in [0.29, 0.717) is 5.41 Å². The first-order valence-electron chi connectivity index (χ1n) is 8.30. The fourth-order valence-corrected chi connectivity index (χ4v) is 3.62. The SMILES string of the molecule is CN=C(NCCc1ccccc1C)N1CCC2(CCOC2)C1.I. The predicted octanol–water partition coefficient (Wildman–Crippen LogP) is 2.84. The first kappa shape index (κ1) is 18.5. The Morgan fingerprint density at radius 3 is 2.87 bits per heavy atom. The number of rotatable bonds is 3. The van der Waals surface area contributed by atoms with Crippen molar-refractivity contribution in [2.75, 3.05) is 39.9 Å². The Morgan fingerprint density at radius 2 is 2.17 bits per heavy atom. The first-order chi connectivity index (χ1) is 10.7. The molecule has 4 nitrogen and oxygen atoms in total. The van der Waals surface area contributed by atoms with Gasteiger partial charge in [0.2, 0.25) is 0 Å². The van der Waals surface area contributed by atoms with Crippen LogP contribution in [0.2, 0.25) is 0 Å². The quantitative estimate of drug-likeness (QED) is 0.456. The highest BCUT2D eigenvalue weighted by atomic mass is 127. The molecule has 0 aliphatic carbocycles. The van der Waals surface area contributed by atoms with E-state index in [2.05, 4.69) is 46.4 Å². The van der Waals surface area contributed by atoms with Crippen LogP contribution in [0.3, 0.4) is 0 Å². The maximum atomic E-state index is 5.61. The van der Waals surface area contributed by atoms with E-state index in [4.69, 9.17) is 4.74 Å². The molecular formula is C18H28IN3O. The monoisotopic (exact) mass is 429 g/mol. The summed E-state index contributed by atoms with van der Waals surface area (Å²) < 4.78 is 5.61. The lowest BCUT2D eigenvalue weighted by atomic mass is 9.87. The third kappa shape index (κ3) is 4.38. The van der Waals surface area contributed by atoms with Gasteiger partial charge in [0.15, 0.2) is 5.96 Å². The van der Waals surface area contributed by atoms with Crippen LogP contribution in [0.4, 0.5) is 0 Å². The predicted molar refractivity (Wildman–Crippen MR) is 106 cm³/mol. The second-order valence-electron chi connectivity index (χ2n) is 6.62. The van der Waals surface area contributed by atoms with Crippen LogP contribution < -0.4 is 5.32 Å². The molecule has 3 rings (SSSR count). The Kier molecular flexibility index (Phi) is 6.71. The summed E-state index contributed by atoms with van der Waals surface area (Å²) in [5, 5.41) is 3.53. The summed E-state index contributed by atoms with van der Waals surface area (Å²) in [5.74, 6) is 1.04. The van der Waals surface area contributed by atoms with Gasteiger partial charge in [-0.25, -0.2) is 0 Å². The molecule has 1 N–H and O–H groups in total. The minimum absolute atomic E-state index is 0. The molecule has 2 aliphatic heterocycles. The van der Waals surface area contributed by atoms with Gasteiger partial charge in [0.25, 0.3) is 0 Å². The van der Waals surface area contributed by atoms with E-state index in [0.717, 1.165) is 45.2 Å². The summed E-state index contributed by atoms with van der Waals surface area (Å²) in [6.07, 6.45) is 3.46. The van der Waals surface area contributed by atoms with Gasteiger partial charge in [-0.3, -0.25) is 4.99 Å². The first-order valence-corrected chi connectivity index (χ1v) is 8.30. The fraction of sp³-hybridized carbons (Fsp3) is 0.611.